The first-order valence-corrected chi connectivity index (χ1v) is 5.19. The number of hydrogen-bond acceptors (Lipinski definition) is 0. The summed E-state index contributed by atoms with van der Waals surface area (Å²) in [6.45, 7) is 8.93. The number of hydrogen-bond donors (Lipinski definition) is 0. The summed E-state index contributed by atoms with van der Waals surface area (Å²) in [6, 6.07) is 6.81. The van der Waals surface area contributed by atoms with Gasteiger partial charge in [-0.25, -0.2) is 0 Å². The smallest absolute Gasteiger partial charge is 0.0253 e. The van der Waals surface area contributed by atoms with E-state index in [1.54, 1.807) is 0 Å². The van der Waals surface area contributed by atoms with Gasteiger partial charge in [0.1, 0.15) is 0 Å². The molecule has 1 atom stereocenters. The van der Waals surface area contributed by atoms with E-state index in [-0.39, 0.29) is 0 Å². The first-order chi connectivity index (χ1) is 6.13. The molecule has 72 valence electrons. The Kier molecular flexibility index (Phi) is 3.53. The molecule has 1 aromatic rings. The Morgan fingerprint density at radius 3 is 2.38 bits per heavy atom. The SMILES string of the molecule is CCC(C)Cc1ccc(C)c(C)c1. The minimum atomic E-state index is 0.808. The molecule has 0 saturated carbocycles. The Labute approximate surface area is 82.0 Å². The van der Waals surface area contributed by atoms with E-state index in [1.165, 1.54) is 29.5 Å². The highest BCUT2D eigenvalue weighted by Gasteiger charge is 2.01. The first-order valence-electron chi connectivity index (χ1n) is 5.19. The molecule has 0 nitrogen and oxygen atoms in total. The molecule has 0 heteroatoms. The number of aryl methyl sites for hydroxylation is 2. The van der Waals surface area contributed by atoms with Crippen molar-refractivity contribution in [3.05, 3.63) is 34.9 Å². The number of benzene rings is 1. The summed E-state index contributed by atoms with van der Waals surface area (Å²) in [6.07, 6.45) is 2.49. The van der Waals surface area contributed by atoms with Gasteiger partial charge in [-0.2, -0.15) is 0 Å². The highest BCUT2D eigenvalue weighted by Crippen LogP contribution is 2.15. The van der Waals surface area contributed by atoms with E-state index < -0.39 is 0 Å². The second-order valence-corrected chi connectivity index (χ2v) is 4.14. The first kappa shape index (κ1) is 10.3. The normalized spacial score (nSPS) is 12.9. The quantitative estimate of drug-likeness (QED) is 0.655. The standard InChI is InChI=1S/C13H20/c1-5-10(2)8-13-7-6-11(3)12(4)9-13/h6-7,9-10H,5,8H2,1-4H3. The van der Waals surface area contributed by atoms with Crippen LogP contribution in [0.5, 0.6) is 0 Å². The zero-order chi connectivity index (χ0) is 9.84. The van der Waals surface area contributed by atoms with Crippen molar-refractivity contribution in [1.29, 1.82) is 0 Å². The Morgan fingerprint density at radius 2 is 1.85 bits per heavy atom. The van der Waals surface area contributed by atoms with E-state index in [0.29, 0.717) is 0 Å². The van der Waals surface area contributed by atoms with E-state index in [4.69, 9.17) is 0 Å². The zero-order valence-electron chi connectivity index (χ0n) is 9.22. The van der Waals surface area contributed by atoms with Crippen LogP contribution in [0.1, 0.15) is 37.0 Å². The lowest BCUT2D eigenvalue weighted by atomic mass is 9.96. The third-order valence-electron chi connectivity index (χ3n) is 2.85. The van der Waals surface area contributed by atoms with Crippen LogP contribution in [0.4, 0.5) is 0 Å². The fourth-order valence-corrected chi connectivity index (χ4v) is 1.48. The lowest BCUT2D eigenvalue weighted by Gasteiger charge is -2.09. The largest absolute Gasteiger partial charge is 0.0651 e. The average Bonchev–Trinajstić information content (AvgIpc) is 2.11. The maximum absolute atomic E-state index is 2.32. The van der Waals surface area contributed by atoms with Crippen molar-refractivity contribution in [3.63, 3.8) is 0 Å². The van der Waals surface area contributed by atoms with Gasteiger partial charge < -0.3 is 0 Å². The van der Waals surface area contributed by atoms with E-state index in [2.05, 4.69) is 45.9 Å². The maximum Gasteiger partial charge on any atom is -0.0253 e. The molecule has 0 bridgehead atoms. The molecule has 0 aliphatic rings. The lowest BCUT2D eigenvalue weighted by molar-refractivity contribution is 0.560. The Bertz CT molecular complexity index is 273. The van der Waals surface area contributed by atoms with Gasteiger partial charge in [0.25, 0.3) is 0 Å². The van der Waals surface area contributed by atoms with Gasteiger partial charge in [-0.05, 0) is 42.9 Å². The van der Waals surface area contributed by atoms with Gasteiger partial charge >= 0.3 is 0 Å². The van der Waals surface area contributed by atoms with Gasteiger partial charge in [-0.3, -0.25) is 0 Å². The van der Waals surface area contributed by atoms with Crippen LogP contribution in [0.15, 0.2) is 18.2 Å². The van der Waals surface area contributed by atoms with E-state index in [1.807, 2.05) is 0 Å². The van der Waals surface area contributed by atoms with Crippen LogP contribution < -0.4 is 0 Å². The van der Waals surface area contributed by atoms with Gasteiger partial charge in [0, 0.05) is 0 Å². The minimum absolute atomic E-state index is 0.808. The summed E-state index contributed by atoms with van der Waals surface area (Å²) in [4.78, 5) is 0. The predicted octanol–water partition coefficient (Wildman–Crippen LogP) is 3.89. The third kappa shape index (κ3) is 2.87. The predicted molar refractivity (Wildman–Crippen MR) is 59.1 cm³/mol. The fraction of sp³-hybridized carbons (Fsp3) is 0.538. The molecular weight excluding hydrogens is 156 g/mol. The van der Waals surface area contributed by atoms with Crippen molar-refractivity contribution < 1.29 is 0 Å². The van der Waals surface area contributed by atoms with E-state index in [9.17, 15) is 0 Å². The molecule has 0 spiro atoms. The minimum Gasteiger partial charge on any atom is -0.0651 e. The van der Waals surface area contributed by atoms with Crippen LogP contribution in [0, 0.1) is 19.8 Å². The Morgan fingerprint density at radius 1 is 1.15 bits per heavy atom. The van der Waals surface area contributed by atoms with Crippen molar-refractivity contribution in [2.24, 2.45) is 5.92 Å². The summed E-state index contributed by atoms with van der Waals surface area (Å²) < 4.78 is 0. The summed E-state index contributed by atoms with van der Waals surface area (Å²) in [5.74, 6) is 0.808. The third-order valence-corrected chi connectivity index (χ3v) is 2.85. The van der Waals surface area contributed by atoms with Crippen LogP contribution >= 0.6 is 0 Å². The highest BCUT2D eigenvalue weighted by molar-refractivity contribution is 5.30. The molecule has 13 heavy (non-hydrogen) atoms. The molecule has 0 aliphatic carbocycles. The van der Waals surface area contributed by atoms with Crippen LogP contribution in [-0.2, 0) is 6.42 Å². The molecule has 0 amide bonds. The van der Waals surface area contributed by atoms with Gasteiger partial charge in [-0.1, -0.05) is 38.5 Å². The van der Waals surface area contributed by atoms with Gasteiger partial charge in [0.2, 0.25) is 0 Å². The second-order valence-electron chi connectivity index (χ2n) is 4.14. The molecule has 0 aliphatic heterocycles. The van der Waals surface area contributed by atoms with Gasteiger partial charge in [0.15, 0.2) is 0 Å². The second kappa shape index (κ2) is 4.45. The fourth-order valence-electron chi connectivity index (χ4n) is 1.48. The Balaban J connectivity index is 2.73. The van der Waals surface area contributed by atoms with Crippen LogP contribution in [-0.4, -0.2) is 0 Å². The maximum atomic E-state index is 2.32. The topological polar surface area (TPSA) is 0 Å². The van der Waals surface area contributed by atoms with Gasteiger partial charge in [-0.15, -0.1) is 0 Å². The molecule has 0 fully saturated rings. The molecule has 0 saturated heterocycles. The summed E-state index contributed by atoms with van der Waals surface area (Å²) >= 11 is 0. The van der Waals surface area contributed by atoms with Crippen LogP contribution in [0.25, 0.3) is 0 Å². The van der Waals surface area contributed by atoms with E-state index >= 15 is 0 Å². The molecule has 1 aromatic carbocycles. The summed E-state index contributed by atoms with van der Waals surface area (Å²) in [5.41, 5.74) is 4.30. The van der Waals surface area contributed by atoms with Crippen molar-refractivity contribution in [3.8, 4) is 0 Å². The van der Waals surface area contributed by atoms with E-state index in [0.717, 1.165) is 5.92 Å². The van der Waals surface area contributed by atoms with Crippen molar-refractivity contribution in [1.82, 2.24) is 0 Å². The summed E-state index contributed by atoms with van der Waals surface area (Å²) in [5, 5.41) is 0. The van der Waals surface area contributed by atoms with Gasteiger partial charge in [0.05, 0.1) is 0 Å². The molecule has 1 rings (SSSR count). The van der Waals surface area contributed by atoms with Crippen molar-refractivity contribution >= 4 is 0 Å². The molecule has 0 N–H and O–H groups in total. The van der Waals surface area contributed by atoms with Crippen molar-refractivity contribution in [2.45, 2.75) is 40.5 Å². The highest BCUT2D eigenvalue weighted by atomic mass is 14.1. The van der Waals surface area contributed by atoms with Crippen molar-refractivity contribution in [2.75, 3.05) is 0 Å². The molecule has 1 unspecified atom stereocenters. The molecule has 0 aromatic heterocycles. The zero-order valence-corrected chi connectivity index (χ0v) is 9.22. The Hall–Kier alpha value is -0.780. The number of rotatable bonds is 3. The molecular formula is C13H20. The van der Waals surface area contributed by atoms with Crippen LogP contribution in [0.3, 0.4) is 0 Å². The monoisotopic (exact) mass is 176 g/mol. The van der Waals surface area contributed by atoms with Crippen LogP contribution in [0.2, 0.25) is 0 Å². The molecule has 0 heterocycles. The lowest BCUT2D eigenvalue weighted by Crippen LogP contribution is -1.98. The summed E-state index contributed by atoms with van der Waals surface area (Å²) in [7, 11) is 0. The average molecular weight is 176 g/mol. The molecule has 0 radical (unpaired) electrons.